The lowest BCUT2D eigenvalue weighted by Gasteiger charge is -2.60. The van der Waals surface area contributed by atoms with Gasteiger partial charge in [0, 0.05) is 17.3 Å². The fraction of sp³-hybridized carbons (Fsp3) is 1.00. The molecule has 3 nitrogen and oxygen atoms in total. The first kappa shape index (κ1) is 22.6. The van der Waals surface area contributed by atoms with Crippen molar-refractivity contribution in [2.24, 2.45) is 52.3 Å². The van der Waals surface area contributed by atoms with Gasteiger partial charge in [-0.25, -0.2) is 0 Å². The number of fused-ring (bicyclic) bond motifs is 5. The van der Waals surface area contributed by atoms with Gasteiger partial charge in [0.05, 0.1) is 0 Å². The second kappa shape index (κ2) is 8.39. The van der Waals surface area contributed by atoms with Crippen LogP contribution in [0.25, 0.3) is 0 Å². The normalized spacial score (nSPS) is 46.7. The molecule has 0 aliphatic heterocycles. The van der Waals surface area contributed by atoms with E-state index in [0.29, 0.717) is 34.5 Å². The lowest BCUT2D eigenvalue weighted by atomic mass is 9.43. The van der Waals surface area contributed by atoms with Crippen molar-refractivity contribution in [2.45, 2.75) is 118 Å². The van der Waals surface area contributed by atoms with Gasteiger partial charge in [-0.1, -0.05) is 66.7 Å². The maximum Gasteiger partial charge on any atom is 0.216 e. The van der Waals surface area contributed by atoms with E-state index in [1.54, 1.807) is 0 Å². The summed E-state index contributed by atoms with van der Waals surface area (Å²) < 4.78 is 0. The SMILES string of the molecule is CC(C)CCC[C@@H](C)[C@@H]1CC[C@@H]2[C@H]3[C@H]([N+](=O)[O-])C[C@H]4CCCC[C@]4(C)[C@H]3CC[C@@]21C. The summed E-state index contributed by atoms with van der Waals surface area (Å²) in [5, 5.41) is 12.3. The van der Waals surface area contributed by atoms with E-state index in [0.717, 1.165) is 24.2 Å². The summed E-state index contributed by atoms with van der Waals surface area (Å²) >= 11 is 0. The Bertz CT molecular complexity index is 632. The van der Waals surface area contributed by atoms with Crippen molar-refractivity contribution >= 4 is 0 Å². The highest BCUT2D eigenvalue weighted by Crippen LogP contribution is 2.68. The van der Waals surface area contributed by atoms with Gasteiger partial charge < -0.3 is 0 Å². The molecular formula is C27H47NO2. The Hall–Kier alpha value is -0.600. The molecule has 0 aromatic carbocycles. The lowest BCUT2D eigenvalue weighted by molar-refractivity contribution is -0.548. The molecule has 4 rings (SSSR count). The van der Waals surface area contributed by atoms with Crippen molar-refractivity contribution in [1.82, 2.24) is 0 Å². The number of nitro groups is 1. The van der Waals surface area contributed by atoms with Crippen molar-refractivity contribution in [2.75, 3.05) is 0 Å². The Morgan fingerprint density at radius 2 is 1.67 bits per heavy atom. The zero-order valence-corrected chi connectivity index (χ0v) is 20.4. The smallest absolute Gasteiger partial charge is 0.216 e. The quantitative estimate of drug-likeness (QED) is 0.327. The molecule has 30 heavy (non-hydrogen) atoms. The van der Waals surface area contributed by atoms with E-state index in [1.807, 2.05) is 0 Å². The average Bonchev–Trinajstić information content (AvgIpc) is 3.03. The molecule has 4 fully saturated rings. The molecule has 0 saturated heterocycles. The maximum atomic E-state index is 12.3. The highest BCUT2D eigenvalue weighted by Gasteiger charge is 2.65. The Labute approximate surface area is 185 Å². The summed E-state index contributed by atoms with van der Waals surface area (Å²) in [4.78, 5) is 12.5. The first-order chi connectivity index (χ1) is 14.2. The second-order valence-electron chi connectivity index (χ2n) is 12.9. The van der Waals surface area contributed by atoms with Crippen LogP contribution in [0.5, 0.6) is 0 Å². The van der Waals surface area contributed by atoms with E-state index in [9.17, 15) is 10.1 Å². The molecule has 4 aliphatic rings. The van der Waals surface area contributed by atoms with Gasteiger partial charge in [-0.05, 0) is 84.9 Å². The Morgan fingerprint density at radius 1 is 0.933 bits per heavy atom. The third-order valence-corrected chi connectivity index (χ3v) is 11.1. The zero-order chi connectivity index (χ0) is 21.7. The number of hydrogen-bond donors (Lipinski definition) is 0. The largest absolute Gasteiger partial charge is 0.264 e. The minimum absolute atomic E-state index is 0.164. The highest BCUT2D eigenvalue weighted by atomic mass is 16.6. The third-order valence-electron chi connectivity index (χ3n) is 11.1. The molecule has 0 heterocycles. The minimum Gasteiger partial charge on any atom is -0.264 e. The van der Waals surface area contributed by atoms with Crippen molar-refractivity contribution in [3.8, 4) is 0 Å². The van der Waals surface area contributed by atoms with E-state index < -0.39 is 0 Å². The molecule has 0 radical (unpaired) electrons. The first-order valence-electron chi connectivity index (χ1n) is 13.3. The molecule has 9 atom stereocenters. The number of nitrogens with zero attached hydrogens (tertiary/aromatic N) is 1. The lowest BCUT2D eigenvalue weighted by Crippen LogP contribution is -2.59. The predicted octanol–water partition coefficient (Wildman–Crippen LogP) is 7.75. The fourth-order valence-electron chi connectivity index (χ4n) is 9.51. The first-order valence-corrected chi connectivity index (χ1v) is 13.3. The van der Waals surface area contributed by atoms with Crippen LogP contribution in [0.1, 0.15) is 112 Å². The molecule has 0 N–H and O–H groups in total. The molecule has 172 valence electrons. The Morgan fingerprint density at radius 3 is 2.37 bits per heavy atom. The van der Waals surface area contributed by atoms with E-state index in [-0.39, 0.29) is 11.0 Å². The summed E-state index contributed by atoms with van der Waals surface area (Å²) in [6.45, 7) is 12.2. The molecule has 4 aliphatic carbocycles. The van der Waals surface area contributed by atoms with Crippen molar-refractivity contribution in [3.63, 3.8) is 0 Å². The molecule has 0 spiro atoms. The van der Waals surface area contributed by atoms with Crippen LogP contribution >= 0.6 is 0 Å². The summed E-state index contributed by atoms with van der Waals surface area (Å²) in [6, 6.07) is -0.272. The molecular weight excluding hydrogens is 370 g/mol. The zero-order valence-electron chi connectivity index (χ0n) is 20.4. The van der Waals surface area contributed by atoms with Crippen LogP contribution in [0.2, 0.25) is 0 Å². The maximum absolute atomic E-state index is 12.3. The minimum atomic E-state index is -0.272. The monoisotopic (exact) mass is 417 g/mol. The second-order valence-corrected chi connectivity index (χ2v) is 12.9. The molecule has 0 unspecified atom stereocenters. The molecule has 0 amide bonds. The van der Waals surface area contributed by atoms with Gasteiger partial charge in [0.1, 0.15) is 0 Å². The molecule has 4 saturated carbocycles. The van der Waals surface area contributed by atoms with Crippen LogP contribution < -0.4 is 0 Å². The summed E-state index contributed by atoms with van der Waals surface area (Å²) in [5.74, 6) is 4.46. The molecule has 0 bridgehead atoms. The summed E-state index contributed by atoms with van der Waals surface area (Å²) in [5.41, 5.74) is 0.711. The summed E-state index contributed by atoms with van der Waals surface area (Å²) in [7, 11) is 0. The molecule has 0 aromatic heterocycles. The topological polar surface area (TPSA) is 43.1 Å². The van der Waals surface area contributed by atoms with Gasteiger partial charge in [0.15, 0.2) is 0 Å². The van der Waals surface area contributed by atoms with Gasteiger partial charge in [0.2, 0.25) is 6.04 Å². The van der Waals surface area contributed by atoms with E-state index >= 15 is 0 Å². The average molecular weight is 418 g/mol. The number of hydrogen-bond acceptors (Lipinski definition) is 2. The van der Waals surface area contributed by atoms with Crippen molar-refractivity contribution in [3.05, 3.63) is 10.1 Å². The van der Waals surface area contributed by atoms with E-state index in [2.05, 4.69) is 34.6 Å². The van der Waals surface area contributed by atoms with E-state index in [1.165, 1.54) is 70.6 Å². The van der Waals surface area contributed by atoms with Gasteiger partial charge >= 0.3 is 0 Å². The van der Waals surface area contributed by atoms with Crippen molar-refractivity contribution in [1.29, 1.82) is 0 Å². The van der Waals surface area contributed by atoms with E-state index in [4.69, 9.17) is 0 Å². The van der Waals surface area contributed by atoms with Crippen LogP contribution in [0.3, 0.4) is 0 Å². The third kappa shape index (κ3) is 3.64. The van der Waals surface area contributed by atoms with Crippen molar-refractivity contribution < 1.29 is 4.92 Å². The van der Waals surface area contributed by atoms with Gasteiger partial charge in [-0.3, -0.25) is 10.1 Å². The van der Waals surface area contributed by atoms with Crippen LogP contribution in [0.4, 0.5) is 0 Å². The summed E-state index contributed by atoms with van der Waals surface area (Å²) in [6.07, 6.45) is 15.2. The predicted molar refractivity (Wildman–Crippen MR) is 124 cm³/mol. The molecule has 0 aromatic rings. The Kier molecular flexibility index (Phi) is 6.32. The fourth-order valence-corrected chi connectivity index (χ4v) is 9.51. The standard InChI is InChI=1S/C27H47NO2/c1-18(2)9-8-10-19(3)21-12-13-22-25-23(14-16-27(21,22)5)26(4)15-7-6-11-20(26)17-24(25)28(29)30/h18-25H,6-17H2,1-5H3/t19-,20-,21+,22-,23+,24-,25-,26+,27-/m1/s1. The van der Waals surface area contributed by atoms with Crippen LogP contribution in [-0.2, 0) is 0 Å². The van der Waals surface area contributed by atoms with Crippen LogP contribution in [0.15, 0.2) is 0 Å². The highest BCUT2D eigenvalue weighted by molar-refractivity contribution is 5.11. The van der Waals surface area contributed by atoms with Crippen LogP contribution in [-0.4, -0.2) is 11.0 Å². The van der Waals surface area contributed by atoms with Gasteiger partial charge in [-0.2, -0.15) is 0 Å². The van der Waals surface area contributed by atoms with Gasteiger partial charge in [0.25, 0.3) is 0 Å². The Balaban J connectivity index is 1.57. The van der Waals surface area contributed by atoms with Gasteiger partial charge in [-0.15, -0.1) is 0 Å². The molecule has 3 heteroatoms. The van der Waals surface area contributed by atoms with Crippen LogP contribution in [0, 0.1) is 62.4 Å². The number of rotatable bonds is 6.